The summed E-state index contributed by atoms with van der Waals surface area (Å²) in [6.07, 6.45) is -0.715. The Kier molecular flexibility index (Phi) is 3.98. The van der Waals surface area contributed by atoms with Crippen LogP contribution in [0, 0.1) is 0 Å². The summed E-state index contributed by atoms with van der Waals surface area (Å²) in [6, 6.07) is -0.134. The predicted molar refractivity (Wildman–Crippen MR) is 57.1 cm³/mol. The number of piperazine rings is 1. The van der Waals surface area contributed by atoms with Gasteiger partial charge < -0.3 is 19.3 Å². The standard InChI is InChI=1S/C10H18N2O4/c1-7-5-12(10(14)16-4)8(2)6-11(7)9(13)15-3/h7-8H,5-6H2,1-4H3/t7-,8-/m0/s1. The lowest BCUT2D eigenvalue weighted by Gasteiger charge is -2.42. The number of amides is 2. The molecule has 0 unspecified atom stereocenters. The maximum absolute atomic E-state index is 11.4. The van der Waals surface area contributed by atoms with Crippen LogP contribution in [-0.4, -0.2) is 61.4 Å². The highest BCUT2D eigenvalue weighted by atomic mass is 16.5. The molecule has 2 amide bonds. The van der Waals surface area contributed by atoms with E-state index in [1.165, 1.54) is 14.2 Å². The van der Waals surface area contributed by atoms with Gasteiger partial charge in [0.15, 0.2) is 0 Å². The molecule has 2 atom stereocenters. The van der Waals surface area contributed by atoms with Crippen molar-refractivity contribution in [2.75, 3.05) is 27.3 Å². The lowest BCUT2D eigenvalue weighted by molar-refractivity contribution is 0.0318. The average molecular weight is 230 g/mol. The Balaban J connectivity index is 2.70. The van der Waals surface area contributed by atoms with Crippen molar-refractivity contribution in [1.29, 1.82) is 0 Å². The van der Waals surface area contributed by atoms with Gasteiger partial charge in [-0.3, -0.25) is 0 Å². The second kappa shape index (κ2) is 5.05. The van der Waals surface area contributed by atoms with Gasteiger partial charge in [-0.15, -0.1) is 0 Å². The van der Waals surface area contributed by atoms with Gasteiger partial charge in [0.25, 0.3) is 0 Å². The maximum atomic E-state index is 11.4. The fraction of sp³-hybridized carbons (Fsp3) is 0.800. The Morgan fingerprint density at radius 2 is 1.25 bits per heavy atom. The van der Waals surface area contributed by atoms with Crippen molar-refractivity contribution in [2.45, 2.75) is 25.9 Å². The summed E-state index contributed by atoms with van der Waals surface area (Å²) in [4.78, 5) is 26.1. The third kappa shape index (κ3) is 2.37. The number of ether oxygens (including phenoxy) is 2. The first-order chi connectivity index (χ1) is 7.51. The van der Waals surface area contributed by atoms with Crippen LogP contribution < -0.4 is 0 Å². The number of hydrogen-bond acceptors (Lipinski definition) is 4. The van der Waals surface area contributed by atoms with Crippen LogP contribution in [0.4, 0.5) is 9.59 Å². The van der Waals surface area contributed by atoms with E-state index < -0.39 is 0 Å². The van der Waals surface area contributed by atoms with Gasteiger partial charge in [-0.1, -0.05) is 0 Å². The molecule has 1 heterocycles. The highest BCUT2D eigenvalue weighted by Gasteiger charge is 2.35. The molecular weight excluding hydrogens is 212 g/mol. The summed E-state index contributed by atoms with van der Waals surface area (Å²) >= 11 is 0. The highest BCUT2D eigenvalue weighted by molar-refractivity contribution is 5.70. The first-order valence-electron chi connectivity index (χ1n) is 5.20. The maximum Gasteiger partial charge on any atom is 0.409 e. The number of carbonyl (C=O) groups is 2. The summed E-state index contributed by atoms with van der Waals surface area (Å²) in [6.45, 7) is 4.67. The van der Waals surface area contributed by atoms with Crippen molar-refractivity contribution < 1.29 is 19.1 Å². The molecule has 1 aliphatic rings. The summed E-state index contributed by atoms with van der Waals surface area (Å²) in [5.41, 5.74) is 0. The van der Waals surface area contributed by atoms with Crippen molar-refractivity contribution in [2.24, 2.45) is 0 Å². The van der Waals surface area contributed by atoms with E-state index in [2.05, 4.69) is 9.47 Å². The fourth-order valence-electron chi connectivity index (χ4n) is 1.87. The fourth-order valence-corrected chi connectivity index (χ4v) is 1.87. The minimum Gasteiger partial charge on any atom is -0.453 e. The average Bonchev–Trinajstić information content (AvgIpc) is 2.29. The number of carbonyl (C=O) groups excluding carboxylic acids is 2. The molecule has 0 bridgehead atoms. The third-order valence-electron chi connectivity index (χ3n) is 2.80. The predicted octanol–water partition coefficient (Wildman–Crippen LogP) is 0.914. The van der Waals surface area contributed by atoms with Crippen molar-refractivity contribution in [3.05, 3.63) is 0 Å². The van der Waals surface area contributed by atoms with Gasteiger partial charge in [0.2, 0.25) is 0 Å². The van der Waals surface area contributed by atoms with Gasteiger partial charge in [-0.25, -0.2) is 9.59 Å². The topological polar surface area (TPSA) is 59.1 Å². The molecule has 0 spiro atoms. The minimum absolute atomic E-state index is 0.0669. The summed E-state index contributed by atoms with van der Waals surface area (Å²) in [5, 5.41) is 0. The number of nitrogens with zero attached hydrogens (tertiary/aromatic N) is 2. The van der Waals surface area contributed by atoms with E-state index in [1.807, 2.05) is 13.8 Å². The van der Waals surface area contributed by atoms with E-state index in [1.54, 1.807) is 9.80 Å². The van der Waals surface area contributed by atoms with Crippen LogP contribution >= 0.6 is 0 Å². The van der Waals surface area contributed by atoms with E-state index >= 15 is 0 Å². The zero-order chi connectivity index (χ0) is 12.3. The second-order valence-corrected chi connectivity index (χ2v) is 3.94. The Hall–Kier alpha value is -1.46. The van der Waals surface area contributed by atoms with Gasteiger partial charge in [-0.05, 0) is 13.8 Å². The van der Waals surface area contributed by atoms with Crippen LogP contribution in [0.2, 0.25) is 0 Å². The molecule has 0 N–H and O–H groups in total. The molecule has 0 aromatic rings. The SMILES string of the molecule is COC(=O)N1C[C@H](C)N(C(=O)OC)C[C@@H]1C. The minimum atomic E-state index is -0.358. The van der Waals surface area contributed by atoms with E-state index in [4.69, 9.17) is 0 Å². The molecule has 1 rings (SSSR count). The first kappa shape index (κ1) is 12.6. The van der Waals surface area contributed by atoms with Gasteiger partial charge in [-0.2, -0.15) is 0 Å². The van der Waals surface area contributed by atoms with Crippen LogP contribution in [0.1, 0.15) is 13.8 Å². The Labute approximate surface area is 95.1 Å². The van der Waals surface area contributed by atoms with E-state index in [-0.39, 0.29) is 24.3 Å². The molecule has 6 heteroatoms. The van der Waals surface area contributed by atoms with E-state index in [0.717, 1.165) is 0 Å². The largest absolute Gasteiger partial charge is 0.453 e. The van der Waals surface area contributed by atoms with Crippen LogP contribution in [-0.2, 0) is 9.47 Å². The molecule has 0 saturated carbocycles. The van der Waals surface area contributed by atoms with Crippen LogP contribution in [0.5, 0.6) is 0 Å². The van der Waals surface area contributed by atoms with Gasteiger partial charge in [0, 0.05) is 13.1 Å². The van der Waals surface area contributed by atoms with Gasteiger partial charge in [0.05, 0.1) is 26.3 Å². The van der Waals surface area contributed by atoms with Crippen LogP contribution in [0.15, 0.2) is 0 Å². The molecule has 0 radical (unpaired) electrons. The third-order valence-corrected chi connectivity index (χ3v) is 2.80. The molecule has 0 aliphatic carbocycles. The zero-order valence-electron chi connectivity index (χ0n) is 10.1. The number of hydrogen-bond donors (Lipinski definition) is 0. The molecule has 0 aromatic heterocycles. The smallest absolute Gasteiger partial charge is 0.409 e. The molecule has 92 valence electrons. The molecular formula is C10H18N2O4. The molecule has 0 aromatic carbocycles. The summed E-state index contributed by atoms with van der Waals surface area (Å²) in [5.74, 6) is 0. The van der Waals surface area contributed by atoms with Gasteiger partial charge in [0.1, 0.15) is 0 Å². The number of rotatable bonds is 0. The van der Waals surface area contributed by atoms with E-state index in [9.17, 15) is 9.59 Å². The highest BCUT2D eigenvalue weighted by Crippen LogP contribution is 2.16. The van der Waals surface area contributed by atoms with Crippen molar-refractivity contribution in [1.82, 2.24) is 9.80 Å². The Morgan fingerprint density at radius 3 is 1.50 bits per heavy atom. The molecule has 1 fully saturated rings. The number of methoxy groups -OCH3 is 2. The van der Waals surface area contributed by atoms with Crippen molar-refractivity contribution >= 4 is 12.2 Å². The molecule has 16 heavy (non-hydrogen) atoms. The van der Waals surface area contributed by atoms with E-state index in [0.29, 0.717) is 13.1 Å². The van der Waals surface area contributed by atoms with Crippen LogP contribution in [0.25, 0.3) is 0 Å². The van der Waals surface area contributed by atoms with Gasteiger partial charge >= 0.3 is 12.2 Å². The summed E-state index contributed by atoms with van der Waals surface area (Å²) < 4.78 is 9.37. The first-order valence-corrected chi connectivity index (χ1v) is 5.20. The zero-order valence-corrected chi connectivity index (χ0v) is 10.1. The Bertz CT molecular complexity index is 254. The lowest BCUT2D eigenvalue weighted by atomic mass is 10.1. The quantitative estimate of drug-likeness (QED) is 0.620. The molecule has 1 aliphatic heterocycles. The normalized spacial score (nSPS) is 25.2. The molecule has 1 saturated heterocycles. The van der Waals surface area contributed by atoms with Crippen molar-refractivity contribution in [3.63, 3.8) is 0 Å². The second-order valence-electron chi connectivity index (χ2n) is 3.94. The Morgan fingerprint density at radius 1 is 0.938 bits per heavy atom. The monoisotopic (exact) mass is 230 g/mol. The molecule has 6 nitrogen and oxygen atoms in total. The summed E-state index contributed by atoms with van der Waals surface area (Å²) in [7, 11) is 2.71. The van der Waals surface area contributed by atoms with Crippen molar-refractivity contribution in [3.8, 4) is 0 Å². The van der Waals surface area contributed by atoms with Crippen LogP contribution in [0.3, 0.4) is 0 Å². The lowest BCUT2D eigenvalue weighted by Crippen LogP contribution is -2.59.